The molecular formula is C22H28N2O3. The van der Waals surface area contributed by atoms with Gasteiger partial charge in [0.15, 0.2) is 0 Å². The van der Waals surface area contributed by atoms with E-state index in [0.29, 0.717) is 0 Å². The van der Waals surface area contributed by atoms with Crippen LogP contribution in [-0.4, -0.2) is 40.6 Å². The third-order valence-electron chi connectivity index (χ3n) is 6.52. The summed E-state index contributed by atoms with van der Waals surface area (Å²) in [4.78, 5) is 41.3. The molecule has 1 aromatic rings. The highest BCUT2D eigenvalue weighted by Gasteiger charge is 2.48. The van der Waals surface area contributed by atoms with Crippen molar-refractivity contribution < 1.29 is 14.4 Å². The lowest BCUT2D eigenvalue weighted by Gasteiger charge is -2.26. The molecule has 2 heterocycles. The molecule has 0 bridgehead atoms. The van der Waals surface area contributed by atoms with Crippen molar-refractivity contribution in [1.82, 2.24) is 9.80 Å². The van der Waals surface area contributed by atoms with Crippen LogP contribution in [0.4, 0.5) is 0 Å². The van der Waals surface area contributed by atoms with Crippen LogP contribution in [-0.2, 0) is 14.4 Å². The second-order valence-corrected chi connectivity index (χ2v) is 8.23. The molecule has 0 radical (unpaired) electrons. The fourth-order valence-electron chi connectivity index (χ4n) is 5.00. The monoisotopic (exact) mass is 368 g/mol. The number of amides is 3. The Morgan fingerprint density at radius 2 is 1.59 bits per heavy atom. The van der Waals surface area contributed by atoms with Crippen LogP contribution < -0.4 is 0 Å². The zero-order chi connectivity index (χ0) is 19.0. The Balaban J connectivity index is 1.39. The van der Waals surface area contributed by atoms with Crippen LogP contribution in [0.25, 0.3) is 0 Å². The maximum Gasteiger partial charge on any atom is 0.233 e. The lowest BCUT2D eigenvalue weighted by molar-refractivity contribution is -0.141. The third-order valence-corrected chi connectivity index (χ3v) is 6.52. The first-order valence-electron chi connectivity index (χ1n) is 10.3. The van der Waals surface area contributed by atoms with Crippen LogP contribution in [0, 0.1) is 18.8 Å². The summed E-state index contributed by atoms with van der Waals surface area (Å²) in [5.74, 6) is -0.307. The Bertz CT molecular complexity index is 718. The number of carbonyl (C=O) groups is 3. The average molecular weight is 368 g/mol. The number of nitrogens with zero attached hydrogens (tertiary/aromatic N) is 2. The first-order valence-corrected chi connectivity index (χ1v) is 10.3. The van der Waals surface area contributed by atoms with Gasteiger partial charge in [-0.15, -0.1) is 0 Å². The summed E-state index contributed by atoms with van der Waals surface area (Å²) in [6.07, 6.45) is 5.90. The molecule has 2 saturated heterocycles. The van der Waals surface area contributed by atoms with Gasteiger partial charge in [-0.05, 0) is 38.2 Å². The van der Waals surface area contributed by atoms with Gasteiger partial charge in [0.25, 0.3) is 0 Å². The average Bonchev–Trinajstić information content (AvgIpc) is 3.26. The number of carbonyl (C=O) groups excluding carboxylic acids is 3. The number of hydrogen-bond donors (Lipinski definition) is 0. The molecule has 1 saturated carbocycles. The summed E-state index contributed by atoms with van der Waals surface area (Å²) in [6.45, 7) is 3.05. The molecule has 3 amide bonds. The standard InChI is InChI=1S/C22H28N2O3/c1-15-8-10-16(11-9-15)19-7-4-13-23(19)20(25)12-14-24-21(26)17-5-2-3-6-18(17)22(24)27/h8-11,17-19H,2-7,12-14H2,1H3. The van der Waals surface area contributed by atoms with Crippen LogP contribution in [0.15, 0.2) is 24.3 Å². The second kappa shape index (κ2) is 7.45. The molecule has 2 aliphatic heterocycles. The number of likely N-dealkylation sites (tertiary alicyclic amines) is 2. The minimum Gasteiger partial charge on any atom is -0.336 e. The molecule has 27 heavy (non-hydrogen) atoms. The number of rotatable bonds is 4. The molecule has 5 heteroatoms. The van der Waals surface area contributed by atoms with Gasteiger partial charge in [-0.25, -0.2) is 0 Å². The summed E-state index contributed by atoms with van der Waals surface area (Å²) in [6, 6.07) is 8.48. The minimum absolute atomic E-state index is 0.0472. The Hall–Kier alpha value is -2.17. The summed E-state index contributed by atoms with van der Waals surface area (Å²) >= 11 is 0. The van der Waals surface area contributed by atoms with Gasteiger partial charge in [0.1, 0.15) is 0 Å². The highest BCUT2D eigenvalue weighted by molar-refractivity contribution is 6.05. The van der Waals surface area contributed by atoms with E-state index in [-0.39, 0.29) is 48.6 Å². The first-order chi connectivity index (χ1) is 13.1. The van der Waals surface area contributed by atoms with Gasteiger partial charge in [-0.1, -0.05) is 42.7 Å². The van der Waals surface area contributed by atoms with E-state index in [1.54, 1.807) is 0 Å². The van der Waals surface area contributed by atoms with Crippen LogP contribution in [0.1, 0.15) is 62.1 Å². The van der Waals surface area contributed by atoms with Crippen LogP contribution in [0.3, 0.4) is 0 Å². The lowest BCUT2D eigenvalue weighted by atomic mass is 9.81. The van der Waals surface area contributed by atoms with Gasteiger partial charge in [0.2, 0.25) is 17.7 Å². The Morgan fingerprint density at radius 3 is 2.22 bits per heavy atom. The van der Waals surface area contributed by atoms with E-state index in [1.165, 1.54) is 16.0 Å². The summed E-state index contributed by atoms with van der Waals surface area (Å²) in [7, 11) is 0. The molecule has 0 spiro atoms. The van der Waals surface area contributed by atoms with Crippen molar-refractivity contribution >= 4 is 17.7 Å². The fourth-order valence-corrected chi connectivity index (χ4v) is 5.00. The van der Waals surface area contributed by atoms with Gasteiger partial charge in [-0.3, -0.25) is 19.3 Å². The molecule has 3 aliphatic rings. The van der Waals surface area contributed by atoms with Gasteiger partial charge in [-0.2, -0.15) is 0 Å². The van der Waals surface area contributed by atoms with Crippen molar-refractivity contribution in [3.63, 3.8) is 0 Å². The molecule has 3 fully saturated rings. The quantitative estimate of drug-likeness (QED) is 0.767. The number of fused-ring (bicyclic) bond motifs is 1. The number of hydrogen-bond acceptors (Lipinski definition) is 3. The molecule has 144 valence electrons. The predicted molar refractivity (Wildman–Crippen MR) is 102 cm³/mol. The van der Waals surface area contributed by atoms with Gasteiger partial charge < -0.3 is 4.90 Å². The largest absolute Gasteiger partial charge is 0.336 e. The van der Waals surface area contributed by atoms with E-state index < -0.39 is 0 Å². The van der Waals surface area contributed by atoms with Crippen molar-refractivity contribution in [2.45, 2.75) is 57.9 Å². The molecule has 3 unspecified atom stereocenters. The second-order valence-electron chi connectivity index (χ2n) is 8.23. The molecule has 3 atom stereocenters. The van der Waals surface area contributed by atoms with E-state index in [4.69, 9.17) is 0 Å². The summed E-state index contributed by atoms with van der Waals surface area (Å²) in [5, 5.41) is 0. The van der Waals surface area contributed by atoms with Crippen molar-refractivity contribution in [2.75, 3.05) is 13.1 Å². The maximum absolute atomic E-state index is 12.9. The zero-order valence-electron chi connectivity index (χ0n) is 16.0. The minimum atomic E-state index is -0.131. The summed E-state index contributed by atoms with van der Waals surface area (Å²) in [5.41, 5.74) is 2.38. The van der Waals surface area contributed by atoms with Crippen LogP contribution >= 0.6 is 0 Å². The Kier molecular flexibility index (Phi) is 5.02. The topological polar surface area (TPSA) is 57.7 Å². The van der Waals surface area contributed by atoms with Gasteiger partial charge in [0.05, 0.1) is 17.9 Å². The first kappa shape index (κ1) is 18.2. The zero-order valence-corrected chi connectivity index (χ0v) is 16.0. The fraction of sp³-hybridized carbons (Fsp3) is 0.591. The molecular weight excluding hydrogens is 340 g/mol. The van der Waals surface area contributed by atoms with Gasteiger partial charge >= 0.3 is 0 Å². The molecule has 4 rings (SSSR count). The smallest absolute Gasteiger partial charge is 0.233 e. The van der Waals surface area contributed by atoms with E-state index in [0.717, 1.165) is 45.1 Å². The van der Waals surface area contributed by atoms with Crippen molar-refractivity contribution in [2.24, 2.45) is 11.8 Å². The van der Waals surface area contributed by atoms with Crippen molar-refractivity contribution in [3.05, 3.63) is 35.4 Å². The highest BCUT2D eigenvalue weighted by atomic mass is 16.2. The SMILES string of the molecule is Cc1ccc(C2CCCN2C(=O)CCN2C(=O)C3CCCCC3C2=O)cc1. The third kappa shape index (κ3) is 3.40. The summed E-state index contributed by atoms with van der Waals surface area (Å²) < 4.78 is 0. The van der Waals surface area contributed by atoms with Crippen LogP contribution in [0.2, 0.25) is 0 Å². The predicted octanol–water partition coefficient (Wildman–Crippen LogP) is 3.22. The number of imide groups is 1. The molecule has 1 aliphatic carbocycles. The Labute approximate surface area is 160 Å². The maximum atomic E-state index is 12.9. The molecule has 1 aromatic carbocycles. The van der Waals surface area contributed by atoms with Crippen molar-refractivity contribution in [3.8, 4) is 0 Å². The molecule has 0 aromatic heterocycles. The van der Waals surface area contributed by atoms with Crippen LogP contribution in [0.5, 0.6) is 0 Å². The Morgan fingerprint density at radius 1 is 0.963 bits per heavy atom. The lowest BCUT2D eigenvalue weighted by Crippen LogP contribution is -2.37. The van der Waals surface area contributed by atoms with E-state index >= 15 is 0 Å². The molecule has 5 nitrogen and oxygen atoms in total. The van der Waals surface area contributed by atoms with E-state index in [2.05, 4.69) is 31.2 Å². The van der Waals surface area contributed by atoms with Crippen molar-refractivity contribution in [1.29, 1.82) is 0 Å². The number of benzene rings is 1. The van der Waals surface area contributed by atoms with E-state index in [9.17, 15) is 14.4 Å². The van der Waals surface area contributed by atoms with E-state index in [1.807, 2.05) is 4.90 Å². The normalized spacial score (nSPS) is 28.0. The molecule has 0 N–H and O–H groups in total. The van der Waals surface area contributed by atoms with Gasteiger partial charge in [0, 0.05) is 19.5 Å². The highest BCUT2D eigenvalue weighted by Crippen LogP contribution is 2.38. The number of aryl methyl sites for hydroxylation is 1.